The molecule has 0 saturated heterocycles. The highest BCUT2D eigenvalue weighted by atomic mass is 16.2. The SMILES string of the molecule is CC[C@@H](N)C(=O)Nc1cccc2c1CCCC2. The fraction of sp³-hybridized carbons (Fsp3) is 0.500. The van der Waals surface area contributed by atoms with Crippen molar-refractivity contribution in [1.82, 2.24) is 0 Å². The van der Waals surface area contributed by atoms with Gasteiger partial charge in [0, 0.05) is 5.69 Å². The summed E-state index contributed by atoms with van der Waals surface area (Å²) in [6.45, 7) is 1.92. The van der Waals surface area contributed by atoms with Gasteiger partial charge in [0.05, 0.1) is 6.04 Å². The number of amides is 1. The van der Waals surface area contributed by atoms with Crippen LogP contribution in [0.4, 0.5) is 5.69 Å². The van der Waals surface area contributed by atoms with Crippen LogP contribution in [0.2, 0.25) is 0 Å². The van der Waals surface area contributed by atoms with E-state index >= 15 is 0 Å². The van der Waals surface area contributed by atoms with Crippen molar-refractivity contribution in [3.63, 3.8) is 0 Å². The lowest BCUT2D eigenvalue weighted by atomic mass is 9.90. The van der Waals surface area contributed by atoms with Gasteiger partial charge in [-0.15, -0.1) is 0 Å². The minimum Gasteiger partial charge on any atom is -0.324 e. The Balaban J connectivity index is 2.18. The van der Waals surface area contributed by atoms with Gasteiger partial charge >= 0.3 is 0 Å². The molecule has 2 rings (SSSR count). The Bertz CT molecular complexity index is 415. The van der Waals surface area contributed by atoms with Crippen LogP contribution in [0.15, 0.2) is 18.2 Å². The molecule has 17 heavy (non-hydrogen) atoms. The minimum atomic E-state index is -0.408. The lowest BCUT2D eigenvalue weighted by Crippen LogP contribution is -2.35. The Labute approximate surface area is 102 Å². The van der Waals surface area contributed by atoms with Crippen LogP contribution in [0, 0.1) is 0 Å². The first kappa shape index (κ1) is 12.1. The number of nitrogens with one attached hydrogen (secondary N) is 1. The van der Waals surface area contributed by atoms with E-state index in [9.17, 15) is 4.79 Å². The smallest absolute Gasteiger partial charge is 0.241 e. The number of rotatable bonds is 3. The second kappa shape index (κ2) is 5.32. The summed E-state index contributed by atoms with van der Waals surface area (Å²) in [5.41, 5.74) is 9.36. The highest BCUT2D eigenvalue weighted by molar-refractivity contribution is 5.95. The third-order valence-corrected chi connectivity index (χ3v) is 3.43. The summed E-state index contributed by atoms with van der Waals surface area (Å²) in [5, 5.41) is 2.96. The maximum atomic E-state index is 11.8. The average molecular weight is 232 g/mol. The van der Waals surface area contributed by atoms with Gasteiger partial charge in [0.25, 0.3) is 0 Å². The largest absolute Gasteiger partial charge is 0.324 e. The zero-order chi connectivity index (χ0) is 12.3. The number of aryl methyl sites for hydroxylation is 1. The van der Waals surface area contributed by atoms with Gasteiger partial charge in [-0.2, -0.15) is 0 Å². The first-order chi connectivity index (χ1) is 8.22. The molecule has 3 nitrogen and oxygen atoms in total. The van der Waals surface area contributed by atoms with Gasteiger partial charge in [-0.1, -0.05) is 19.1 Å². The molecule has 0 fully saturated rings. The number of hydrogen-bond acceptors (Lipinski definition) is 2. The first-order valence-electron chi connectivity index (χ1n) is 6.39. The van der Waals surface area contributed by atoms with Crippen LogP contribution in [-0.4, -0.2) is 11.9 Å². The van der Waals surface area contributed by atoms with E-state index < -0.39 is 6.04 Å². The molecule has 0 bridgehead atoms. The number of benzene rings is 1. The van der Waals surface area contributed by atoms with Crippen LogP contribution >= 0.6 is 0 Å². The lowest BCUT2D eigenvalue weighted by molar-refractivity contribution is -0.117. The Morgan fingerprint density at radius 2 is 2.18 bits per heavy atom. The quantitative estimate of drug-likeness (QED) is 0.839. The topological polar surface area (TPSA) is 55.1 Å². The molecule has 1 atom stereocenters. The van der Waals surface area contributed by atoms with Crippen molar-refractivity contribution >= 4 is 11.6 Å². The summed E-state index contributed by atoms with van der Waals surface area (Å²) in [6, 6.07) is 5.74. The summed E-state index contributed by atoms with van der Waals surface area (Å²) >= 11 is 0. The van der Waals surface area contributed by atoms with Crippen LogP contribution in [0.5, 0.6) is 0 Å². The van der Waals surface area contributed by atoms with E-state index in [2.05, 4.69) is 11.4 Å². The zero-order valence-corrected chi connectivity index (χ0v) is 10.3. The number of hydrogen-bond donors (Lipinski definition) is 2. The normalized spacial score (nSPS) is 16.1. The lowest BCUT2D eigenvalue weighted by Gasteiger charge is -2.20. The third kappa shape index (κ3) is 2.67. The molecule has 0 radical (unpaired) electrons. The molecule has 1 aliphatic rings. The van der Waals surface area contributed by atoms with Crippen LogP contribution in [0.25, 0.3) is 0 Å². The molecule has 0 aliphatic heterocycles. The van der Waals surface area contributed by atoms with Crippen molar-refractivity contribution in [1.29, 1.82) is 0 Å². The van der Waals surface area contributed by atoms with Crippen molar-refractivity contribution in [2.45, 2.75) is 45.1 Å². The Morgan fingerprint density at radius 1 is 1.41 bits per heavy atom. The van der Waals surface area contributed by atoms with E-state index in [1.54, 1.807) is 0 Å². The second-order valence-electron chi connectivity index (χ2n) is 4.65. The summed E-state index contributed by atoms with van der Waals surface area (Å²) in [6.07, 6.45) is 5.31. The van der Waals surface area contributed by atoms with Crippen LogP contribution in [-0.2, 0) is 17.6 Å². The standard InChI is InChI=1S/C14H20N2O/c1-2-12(15)14(17)16-13-9-5-7-10-6-3-4-8-11(10)13/h5,7,9,12H,2-4,6,8,15H2,1H3,(H,16,17)/t12-/m1/s1. The van der Waals surface area contributed by atoms with Crippen molar-refractivity contribution in [2.75, 3.05) is 5.32 Å². The maximum Gasteiger partial charge on any atom is 0.241 e. The predicted octanol–water partition coefficient (Wildman–Crippen LogP) is 2.24. The fourth-order valence-electron chi connectivity index (χ4n) is 2.31. The second-order valence-corrected chi connectivity index (χ2v) is 4.65. The molecule has 1 amide bonds. The first-order valence-corrected chi connectivity index (χ1v) is 6.39. The molecule has 3 heteroatoms. The van der Waals surface area contributed by atoms with E-state index in [1.165, 1.54) is 24.0 Å². The summed E-state index contributed by atoms with van der Waals surface area (Å²) < 4.78 is 0. The van der Waals surface area contributed by atoms with Gasteiger partial charge < -0.3 is 11.1 Å². The molecule has 0 heterocycles. The molecular formula is C14H20N2O. The van der Waals surface area contributed by atoms with Gasteiger partial charge in [-0.05, 0) is 49.3 Å². The summed E-state index contributed by atoms with van der Waals surface area (Å²) in [4.78, 5) is 11.8. The molecule has 0 spiro atoms. The minimum absolute atomic E-state index is 0.0773. The van der Waals surface area contributed by atoms with Crippen LogP contribution in [0.3, 0.4) is 0 Å². The van der Waals surface area contributed by atoms with Crippen LogP contribution in [0.1, 0.15) is 37.3 Å². The molecule has 0 saturated carbocycles. The highest BCUT2D eigenvalue weighted by Crippen LogP contribution is 2.27. The van der Waals surface area contributed by atoms with Gasteiger partial charge in [0.15, 0.2) is 0 Å². The van der Waals surface area contributed by atoms with Crippen molar-refractivity contribution in [3.05, 3.63) is 29.3 Å². The number of nitrogens with two attached hydrogens (primary N) is 1. The Morgan fingerprint density at radius 3 is 2.94 bits per heavy atom. The Hall–Kier alpha value is -1.35. The van der Waals surface area contributed by atoms with Gasteiger partial charge in [-0.25, -0.2) is 0 Å². The van der Waals surface area contributed by atoms with E-state index in [0.717, 1.165) is 18.5 Å². The predicted molar refractivity (Wildman–Crippen MR) is 70.0 cm³/mol. The summed E-state index contributed by atoms with van der Waals surface area (Å²) in [7, 11) is 0. The van der Waals surface area contributed by atoms with Crippen LogP contribution < -0.4 is 11.1 Å². The molecule has 92 valence electrons. The number of carbonyl (C=O) groups excluding carboxylic acids is 1. The third-order valence-electron chi connectivity index (χ3n) is 3.43. The van der Waals surface area contributed by atoms with Crippen molar-refractivity contribution in [3.8, 4) is 0 Å². The summed E-state index contributed by atoms with van der Waals surface area (Å²) in [5.74, 6) is -0.0773. The molecule has 1 aromatic carbocycles. The monoisotopic (exact) mass is 232 g/mol. The van der Waals surface area contributed by atoms with Gasteiger partial charge in [0.2, 0.25) is 5.91 Å². The molecule has 0 aromatic heterocycles. The molecule has 1 aromatic rings. The van der Waals surface area contributed by atoms with Crippen molar-refractivity contribution in [2.24, 2.45) is 5.73 Å². The van der Waals surface area contributed by atoms with E-state index in [1.807, 2.05) is 19.1 Å². The fourth-order valence-corrected chi connectivity index (χ4v) is 2.31. The Kier molecular flexibility index (Phi) is 3.79. The van der Waals surface area contributed by atoms with Crippen molar-refractivity contribution < 1.29 is 4.79 Å². The molecule has 1 aliphatic carbocycles. The van der Waals surface area contributed by atoms with E-state index in [-0.39, 0.29) is 5.91 Å². The van der Waals surface area contributed by atoms with Gasteiger partial charge in [-0.3, -0.25) is 4.79 Å². The molecule has 3 N–H and O–H groups in total. The number of anilines is 1. The number of fused-ring (bicyclic) bond motifs is 1. The maximum absolute atomic E-state index is 11.8. The zero-order valence-electron chi connectivity index (χ0n) is 10.3. The average Bonchev–Trinajstić information content (AvgIpc) is 2.38. The highest BCUT2D eigenvalue weighted by Gasteiger charge is 2.16. The van der Waals surface area contributed by atoms with E-state index in [4.69, 9.17) is 5.73 Å². The molecule has 0 unspecified atom stereocenters. The van der Waals surface area contributed by atoms with E-state index in [0.29, 0.717) is 6.42 Å². The molecular weight excluding hydrogens is 212 g/mol. The van der Waals surface area contributed by atoms with Gasteiger partial charge in [0.1, 0.15) is 0 Å². The number of carbonyl (C=O) groups is 1.